The van der Waals surface area contributed by atoms with Crippen LogP contribution in [-0.4, -0.2) is 35.1 Å². The van der Waals surface area contributed by atoms with Gasteiger partial charge in [0.25, 0.3) is 0 Å². The van der Waals surface area contributed by atoms with Gasteiger partial charge >= 0.3 is 0 Å². The maximum atomic E-state index is 5.59. The van der Waals surface area contributed by atoms with Crippen LogP contribution >= 0.6 is 0 Å². The van der Waals surface area contributed by atoms with Gasteiger partial charge in [-0.1, -0.05) is 6.92 Å². The van der Waals surface area contributed by atoms with E-state index in [4.69, 9.17) is 5.84 Å². The highest BCUT2D eigenvalue weighted by Gasteiger charge is 2.15. The number of nitrogens with zero attached hydrogens (tertiary/aromatic N) is 3. The van der Waals surface area contributed by atoms with Gasteiger partial charge in [-0.2, -0.15) is 0 Å². The summed E-state index contributed by atoms with van der Waals surface area (Å²) in [7, 11) is 4.12. The third kappa shape index (κ3) is 3.59. The van der Waals surface area contributed by atoms with Crippen molar-refractivity contribution in [3.63, 3.8) is 0 Å². The van der Waals surface area contributed by atoms with Crippen molar-refractivity contribution >= 4 is 0 Å². The molecule has 16 heavy (non-hydrogen) atoms. The number of rotatable bonds is 7. The average molecular weight is 225 g/mol. The molecule has 92 valence electrons. The van der Waals surface area contributed by atoms with Gasteiger partial charge in [0.05, 0.1) is 6.04 Å². The van der Waals surface area contributed by atoms with Crippen molar-refractivity contribution in [1.82, 2.24) is 19.9 Å². The van der Waals surface area contributed by atoms with Gasteiger partial charge in [0.15, 0.2) is 0 Å². The Labute approximate surface area is 97.6 Å². The third-order valence-corrected chi connectivity index (χ3v) is 2.59. The SMILES string of the molecule is CCCn1ccnc1C(CCN(C)C)NN. The molecule has 0 saturated carbocycles. The highest BCUT2D eigenvalue weighted by atomic mass is 15.3. The molecule has 3 N–H and O–H groups in total. The second-order valence-electron chi connectivity index (χ2n) is 4.29. The Hall–Kier alpha value is -0.910. The molecule has 5 nitrogen and oxygen atoms in total. The van der Waals surface area contributed by atoms with Gasteiger partial charge in [-0.3, -0.25) is 5.84 Å². The normalized spacial score (nSPS) is 13.3. The van der Waals surface area contributed by atoms with E-state index in [2.05, 4.69) is 40.9 Å². The first-order valence-electron chi connectivity index (χ1n) is 5.81. The summed E-state index contributed by atoms with van der Waals surface area (Å²) < 4.78 is 2.17. The van der Waals surface area contributed by atoms with E-state index < -0.39 is 0 Å². The van der Waals surface area contributed by atoms with Crippen LogP contribution in [0.15, 0.2) is 12.4 Å². The van der Waals surface area contributed by atoms with Crippen LogP contribution in [0, 0.1) is 0 Å². The van der Waals surface area contributed by atoms with Gasteiger partial charge in [0, 0.05) is 18.9 Å². The Bertz CT molecular complexity index is 294. The Morgan fingerprint density at radius 3 is 2.88 bits per heavy atom. The standard InChI is InChI=1S/C11H23N5/c1-4-7-16-9-6-13-11(16)10(14-12)5-8-15(2)3/h6,9-10,14H,4-5,7-8,12H2,1-3H3. The lowest BCUT2D eigenvalue weighted by atomic mass is 10.2. The van der Waals surface area contributed by atoms with Gasteiger partial charge in [0.1, 0.15) is 5.82 Å². The molecule has 0 spiro atoms. The summed E-state index contributed by atoms with van der Waals surface area (Å²) in [5, 5.41) is 0. The van der Waals surface area contributed by atoms with Crippen molar-refractivity contribution in [3.05, 3.63) is 18.2 Å². The largest absolute Gasteiger partial charge is 0.334 e. The lowest BCUT2D eigenvalue weighted by Gasteiger charge is -2.19. The molecule has 0 saturated heterocycles. The molecule has 5 heteroatoms. The lowest BCUT2D eigenvalue weighted by Crippen LogP contribution is -2.32. The third-order valence-electron chi connectivity index (χ3n) is 2.59. The molecule has 0 aliphatic heterocycles. The van der Waals surface area contributed by atoms with E-state index in [0.717, 1.165) is 31.8 Å². The molecule has 1 aromatic rings. The zero-order valence-electron chi connectivity index (χ0n) is 10.5. The zero-order valence-corrected chi connectivity index (χ0v) is 10.5. The van der Waals surface area contributed by atoms with Crippen LogP contribution in [0.3, 0.4) is 0 Å². The molecule has 0 fully saturated rings. The van der Waals surface area contributed by atoms with E-state index in [9.17, 15) is 0 Å². The minimum Gasteiger partial charge on any atom is -0.334 e. The van der Waals surface area contributed by atoms with Gasteiger partial charge in [-0.05, 0) is 33.5 Å². The Morgan fingerprint density at radius 2 is 2.31 bits per heavy atom. The van der Waals surface area contributed by atoms with Crippen LogP contribution in [0.1, 0.15) is 31.6 Å². The molecule has 0 amide bonds. The average Bonchev–Trinajstić information content (AvgIpc) is 2.68. The number of hydrogen-bond donors (Lipinski definition) is 2. The first-order chi connectivity index (χ1) is 7.69. The van der Waals surface area contributed by atoms with Crippen molar-refractivity contribution in [1.29, 1.82) is 0 Å². The topological polar surface area (TPSA) is 59.1 Å². The smallest absolute Gasteiger partial charge is 0.127 e. The molecule has 0 aromatic carbocycles. The molecule has 0 bridgehead atoms. The Morgan fingerprint density at radius 1 is 1.56 bits per heavy atom. The van der Waals surface area contributed by atoms with Gasteiger partial charge < -0.3 is 9.47 Å². The number of hydrogen-bond acceptors (Lipinski definition) is 4. The van der Waals surface area contributed by atoms with E-state index in [1.165, 1.54) is 0 Å². The first-order valence-corrected chi connectivity index (χ1v) is 5.81. The maximum Gasteiger partial charge on any atom is 0.127 e. The van der Waals surface area contributed by atoms with Gasteiger partial charge in [-0.15, -0.1) is 0 Å². The summed E-state index contributed by atoms with van der Waals surface area (Å²) in [5.41, 5.74) is 2.85. The quantitative estimate of drug-likeness (QED) is 0.531. The van der Waals surface area contributed by atoms with Crippen molar-refractivity contribution in [2.24, 2.45) is 5.84 Å². The van der Waals surface area contributed by atoms with Crippen LogP contribution < -0.4 is 11.3 Å². The fourth-order valence-corrected chi connectivity index (χ4v) is 1.74. The molecular formula is C11H23N5. The van der Waals surface area contributed by atoms with Crippen molar-refractivity contribution in [2.75, 3.05) is 20.6 Å². The van der Waals surface area contributed by atoms with Crippen LogP contribution in [-0.2, 0) is 6.54 Å². The van der Waals surface area contributed by atoms with E-state index in [0.29, 0.717) is 0 Å². The number of nitrogens with two attached hydrogens (primary N) is 1. The molecule has 1 unspecified atom stereocenters. The van der Waals surface area contributed by atoms with E-state index in [1.54, 1.807) is 0 Å². The lowest BCUT2D eigenvalue weighted by molar-refractivity contribution is 0.352. The summed E-state index contributed by atoms with van der Waals surface area (Å²) in [5.74, 6) is 6.63. The summed E-state index contributed by atoms with van der Waals surface area (Å²) in [4.78, 5) is 6.54. The second kappa shape index (κ2) is 6.62. The number of aromatic nitrogens is 2. The summed E-state index contributed by atoms with van der Waals surface area (Å²) >= 11 is 0. The Balaban J connectivity index is 2.66. The number of imidazole rings is 1. The van der Waals surface area contributed by atoms with Gasteiger partial charge in [-0.25, -0.2) is 10.4 Å². The molecule has 0 aliphatic carbocycles. The van der Waals surface area contributed by atoms with E-state index in [-0.39, 0.29) is 6.04 Å². The predicted octanol–water partition coefficient (Wildman–Crippen LogP) is 0.749. The minimum absolute atomic E-state index is 0.129. The molecule has 1 aromatic heterocycles. The van der Waals surface area contributed by atoms with Gasteiger partial charge in [0.2, 0.25) is 0 Å². The Kier molecular flexibility index (Phi) is 5.45. The highest BCUT2D eigenvalue weighted by molar-refractivity contribution is 4.99. The number of hydrazine groups is 1. The van der Waals surface area contributed by atoms with Crippen molar-refractivity contribution in [3.8, 4) is 0 Å². The summed E-state index contributed by atoms with van der Waals surface area (Å²) in [6, 6.07) is 0.129. The second-order valence-corrected chi connectivity index (χ2v) is 4.29. The fraction of sp³-hybridized carbons (Fsp3) is 0.727. The van der Waals surface area contributed by atoms with Crippen LogP contribution in [0.5, 0.6) is 0 Å². The molecule has 1 atom stereocenters. The highest BCUT2D eigenvalue weighted by Crippen LogP contribution is 2.14. The van der Waals surface area contributed by atoms with Crippen LogP contribution in [0.2, 0.25) is 0 Å². The summed E-state index contributed by atoms with van der Waals surface area (Å²) in [6.45, 7) is 4.15. The number of aryl methyl sites for hydroxylation is 1. The summed E-state index contributed by atoms with van der Waals surface area (Å²) in [6.07, 6.45) is 5.92. The van der Waals surface area contributed by atoms with E-state index >= 15 is 0 Å². The number of nitrogens with one attached hydrogen (secondary N) is 1. The fourth-order valence-electron chi connectivity index (χ4n) is 1.74. The monoisotopic (exact) mass is 225 g/mol. The first kappa shape index (κ1) is 13.2. The molecular weight excluding hydrogens is 202 g/mol. The minimum atomic E-state index is 0.129. The van der Waals surface area contributed by atoms with E-state index in [1.807, 2.05) is 12.4 Å². The molecule has 1 rings (SSSR count). The zero-order chi connectivity index (χ0) is 12.0. The van der Waals surface area contributed by atoms with Crippen molar-refractivity contribution < 1.29 is 0 Å². The maximum absolute atomic E-state index is 5.59. The molecule has 0 radical (unpaired) electrons. The van der Waals surface area contributed by atoms with Crippen LogP contribution in [0.4, 0.5) is 0 Å². The molecule has 0 aliphatic rings. The van der Waals surface area contributed by atoms with Crippen molar-refractivity contribution in [2.45, 2.75) is 32.4 Å². The van der Waals surface area contributed by atoms with Crippen LogP contribution in [0.25, 0.3) is 0 Å². The molecule has 1 heterocycles. The predicted molar refractivity (Wildman–Crippen MR) is 65.8 cm³/mol.